The van der Waals surface area contributed by atoms with Crippen molar-refractivity contribution in [3.63, 3.8) is 0 Å². The van der Waals surface area contributed by atoms with Crippen LogP contribution in [0.4, 0.5) is 18.0 Å². The number of amides is 2. The first kappa shape index (κ1) is 24.0. The molecule has 3 N–H and O–H groups in total. The molecule has 2 atom stereocenters. The van der Waals surface area contributed by atoms with Gasteiger partial charge >= 0.3 is 18.2 Å². The Morgan fingerprint density at radius 3 is 2.34 bits per heavy atom. The minimum absolute atomic E-state index is 0.146. The van der Waals surface area contributed by atoms with Crippen molar-refractivity contribution in [3.05, 3.63) is 77.0 Å². The van der Waals surface area contributed by atoms with Gasteiger partial charge in [-0.25, -0.2) is 9.78 Å². The molecule has 1 aliphatic heterocycles. The van der Waals surface area contributed by atoms with Crippen molar-refractivity contribution in [2.45, 2.75) is 18.6 Å². The third-order valence-corrected chi connectivity index (χ3v) is 5.93. The molecule has 1 aliphatic rings. The van der Waals surface area contributed by atoms with Gasteiger partial charge in [-0.1, -0.05) is 30.3 Å². The van der Waals surface area contributed by atoms with E-state index in [0.717, 1.165) is 11.0 Å². The third kappa shape index (κ3) is 5.18. The fourth-order valence-electron chi connectivity index (χ4n) is 4.14. The Hall–Kier alpha value is -4.15. The number of benzene rings is 2. The first-order valence-electron chi connectivity index (χ1n) is 10.6. The van der Waals surface area contributed by atoms with Crippen LogP contribution in [0.1, 0.15) is 27.2 Å². The van der Waals surface area contributed by atoms with Gasteiger partial charge in [0.05, 0.1) is 17.5 Å². The monoisotopic (exact) mass is 487 g/mol. The number of carbonyl (C=O) groups is 3. The number of hydrogen-bond donors (Lipinski definition) is 3. The molecule has 35 heavy (non-hydrogen) atoms. The Balaban J connectivity index is 1.52. The van der Waals surface area contributed by atoms with E-state index in [1.165, 1.54) is 18.2 Å². The maximum absolute atomic E-state index is 13.3. The molecule has 2 heterocycles. The van der Waals surface area contributed by atoms with Gasteiger partial charge in [0.15, 0.2) is 0 Å². The van der Waals surface area contributed by atoms with Gasteiger partial charge in [0, 0.05) is 24.0 Å². The van der Waals surface area contributed by atoms with Crippen molar-refractivity contribution in [2.24, 2.45) is 5.92 Å². The first-order valence-corrected chi connectivity index (χ1v) is 10.6. The van der Waals surface area contributed by atoms with Crippen LogP contribution < -0.4 is 5.32 Å². The van der Waals surface area contributed by atoms with Crippen LogP contribution >= 0.6 is 0 Å². The maximum atomic E-state index is 13.3. The third-order valence-electron chi connectivity index (χ3n) is 5.93. The fourth-order valence-corrected chi connectivity index (χ4v) is 4.14. The maximum Gasteiger partial charge on any atom is 0.433 e. The van der Waals surface area contributed by atoms with Crippen LogP contribution in [0.15, 0.2) is 54.6 Å². The molecular weight excluding hydrogens is 467 g/mol. The normalized spacial score (nSPS) is 18.0. The predicted molar refractivity (Wildman–Crippen MR) is 118 cm³/mol. The van der Waals surface area contributed by atoms with E-state index < -0.39 is 41.8 Å². The van der Waals surface area contributed by atoms with Crippen molar-refractivity contribution in [3.8, 4) is 0 Å². The van der Waals surface area contributed by atoms with Gasteiger partial charge < -0.3 is 20.4 Å². The molecule has 3 aromatic rings. The molecule has 2 aromatic carbocycles. The number of carbonyl (C=O) groups excluding carboxylic acids is 1. The summed E-state index contributed by atoms with van der Waals surface area (Å²) >= 11 is 0. The number of aliphatic carboxylic acids is 1. The molecule has 1 fully saturated rings. The van der Waals surface area contributed by atoms with Crippen molar-refractivity contribution in [1.82, 2.24) is 15.2 Å². The van der Waals surface area contributed by atoms with Crippen molar-refractivity contribution in [1.29, 1.82) is 0 Å². The highest BCUT2D eigenvalue weighted by molar-refractivity contribution is 5.95. The highest BCUT2D eigenvalue weighted by atomic mass is 19.4. The number of alkyl halides is 3. The van der Waals surface area contributed by atoms with Gasteiger partial charge in [-0.3, -0.25) is 9.59 Å². The van der Waals surface area contributed by atoms with E-state index in [2.05, 4.69) is 10.3 Å². The van der Waals surface area contributed by atoms with Crippen LogP contribution in [-0.2, 0) is 17.4 Å². The second-order valence-electron chi connectivity index (χ2n) is 8.27. The number of pyridine rings is 1. The number of fused-ring (bicyclic) bond motifs is 1. The largest absolute Gasteiger partial charge is 0.481 e. The average molecular weight is 487 g/mol. The summed E-state index contributed by atoms with van der Waals surface area (Å²) in [5.74, 6) is -2.86. The Bertz CT molecular complexity index is 1290. The van der Waals surface area contributed by atoms with E-state index in [9.17, 15) is 32.7 Å². The quantitative estimate of drug-likeness (QED) is 0.506. The number of carboxylic acids is 1. The average Bonchev–Trinajstić information content (AvgIpc) is 3.23. The Kier molecular flexibility index (Phi) is 6.33. The molecule has 1 aromatic heterocycles. The van der Waals surface area contributed by atoms with Crippen molar-refractivity contribution >= 4 is 28.9 Å². The number of carboxylic acid groups (broad SMARTS) is 2. The Morgan fingerprint density at radius 2 is 1.71 bits per heavy atom. The van der Waals surface area contributed by atoms with Gasteiger partial charge in [0.2, 0.25) is 0 Å². The molecular formula is C24H20F3N3O5. The van der Waals surface area contributed by atoms with Gasteiger partial charge in [-0.2, -0.15) is 13.2 Å². The molecule has 0 radical (unpaired) electrons. The number of nitrogens with zero attached hydrogens (tertiary/aromatic N) is 2. The molecule has 1 saturated heterocycles. The molecule has 0 bridgehead atoms. The topological polar surface area (TPSA) is 120 Å². The Labute approximate surface area is 197 Å². The van der Waals surface area contributed by atoms with E-state index in [1.54, 1.807) is 30.3 Å². The Morgan fingerprint density at radius 1 is 1.03 bits per heavy atom. The summed E-state index contributed by atoms with van der Waals surface area (Å²) in [6.07, 6.45) is -5.69. The molecule has 4 rings (SSSR count). The van der Waals surface area contributed by atoms with E-state index in [1.807, 2.05) is 0 Å². The van der Waals surface area contributed by atoms with Crippen molar-refractivity contribution in [2.75, 3.05) is 13.1 Å². The van der Waals surface area contributed by atoms with Crippen LogP contribution in [0.3, 0.4) is 0 Å². The molecule has 2 amide bonds. The minimum Gasteiger partial charge on any atom is -0.481 e. The number of rotatable bonds is 5. The van der Waals surface area contributed by atoms with Crippen LogP contribution in [0, 0.1) is 5.92 Å². The zero-order chi connectivity index (χ0) is 25.3. The minimum atomic E-state index is -4.59. The van der Waals surface area contributed by atoms with E-state index >= 15 is 0 Å². The number of likely N-dealkylation sites (tertiary alicyclic amines) is 1. The molecule has 8 nitrogen and oxygen atoms in total. The standard InChI is InChI=1S/C24H20F3N3O5/c25-24(26,27)20-10-15(16-3-1-2-4-18(16)28-20)9-13-5-7-14(8-6-13)21(31)29-19-12-30(23(34)35)11-17(19)22(32)33/h1-8,10,17,19H,9,11-12H2,(H,29,31)(H,32,33)(H,34,35)/t17-,19+/m0/s1. The summed E-state index contributed by atoms with van der Waals surface area (Å²) in [7, 11) is 0. The number of aromatic nitrogens is 1. The summed E-state index contributed by atoms with van der Waals surface area (Å²) in [5.41, 5.74) is 0.550. The lowest BCUT2D eigenvalue weighted by Gasteiger charge is -2.16. The molecule has 0 saturated carbocycles. The van der Waals surface area contributed by atoms with Gasteiger partial charge in [-0.15, -0.1) is 0 Å². The summed E-state index contributed by atoms with van der Waals surface area (Å²) in [5, 5.41) is 21.6. The number of hydrogen-bond acceptors (Lipinski definition) is 4. The summed E-state index contributed by atoms with van der Waals surface area (Å²) < 4.78 is 39.9. The lowest BCUT2D eigenvalue weighted by atomic mass is 9.99. The summed E-state index contributed by atoms with van der Waals surface area (Å²) in [6, 6.07) is 12.8. The van der Waals surface area contributed by atoms with E-state index in [4.69, 9.17) is 5.11 Å². The smallest absolute Gasteiger partial charge is 0.433 e. The highest BCUT2D eigenvalue weighted by Gasteiger charge is 2.40. The van der Waals surface area contributed by atoms with Gasteiger partial charge in [-0.05, 0) is 41.8 Å². The van der Waals surface area contributed by atoms with E-state index in [0.29, 0.717) is 16.5 Å². The lowest BCUT2D eigenvalue weighted by Crippen LogP contribution is -2.43. The summed E-state index contributed by atoms with van der Waals surface area (Å²) in [4.78, 5) is 39.9. The predicted octanol–water partition coefficient (Wildman–Crippen LogP) is 3.64. The number of halogens is 3. The van der Waals surface area contributed by atoms with Crippen LogP contribution in [0.5, 0.6) is 0 Å². The highest BCUT2D eigenvalue weighted by Crippen LogP contribution is 2.31. The molecule has 0 spiro atoms. The fraction of sp³-hybridized carbons (Fsp3) is 0.250. The van der Waals surface area contributed by atoms with Gasteiger partial charge in [0.1, 0.15) is 5.69 Å². The van der Waals surface area contributed by atoms with Crippen molar-refractivity contribution < 1.29 is 37.8 Å². The molecule has 0 aliphatic carbocycles. The SMILES string of the molecule is O=C(N[C@@H]1CN(C(=O)O)C[C@@H]1C(=O)O)c1ccc(Cc2cc(C(F)(F)F)nc3ccccc23)cc1. The second kappa shape index (κ2) is 9.24. The van der Waals surface area contributed by atoms with Crippen LogP contribution in [-0.4, -0.2) is 57.2 Å². The zero-order valence-corrected chi connectivity index (χ0v) is 18.1. The zero-order valence-electron chi connectivity index (χ0n) is 18.1. The molecule has 182 valence electrons. The number of para-hydroxylation sites is 1. The molecule has 11 heteroatoms. The second-order valence-corrected chi connectivity index (χ2v) is 8.27. The first-order chi connectivity index (χ1) is 16.5. The van der Waals surface area contributed by atoms with Crippen LogP contribution in [0.25, 0.3) is 10.9 Å². The van der Waals surface area contributed by atoms with E-state index in [-0.39, 0.29) is 30.6 Å². The lowest BCUT2D eigenvalue weighted by molar-refractivity contribution is -0.142. The number of nitrogens with one attached hydrogen (secondary N) is 1. The summed E-state index contributed by atoms with van der Waals surface area (Å²) in [6.45, 7) is -0.374. The van der Waals surface area contributed by atoms with Gasteiger partial charge in [0.25, 0.3) is 5.91 Å². The molecule has 0 unspecified atom stereocenters. The van der Waals surface area contributed by atoms with Crippen LogP contribution in [0.2, 0.25) is 0 Å².